The number of rotatable bonds is 5. The van der Waals surface area contributed by atoms with Crippen molar-refractivity contribution in [3.8, 4) is 5.75 Å². The molecule has 1 aromatic rings. The van der Waals surface area contributed by atoms with Crippen LogP contribution in [0.3, 0.4) is 0 Å². The van der Waals surface area contributed by atoms with E-state index >= 15 is 0 Å². The van der Waals surface area contributed by atoms with Crippen LogP contribution in [0.15, 0.2) is 24.3 Å². The Morgan fingerprint density at radius 1 is 1.39 bits per heavy atom. The highest BCUT2D eigenvalue weighted by Crippen LogP contribution is 2.10. The van der Waals surface area contributed by atoms with E-state index in [0.717, 1.165) is 5.56 Å². The number of phenolic OH excluding ortho intramolecular Hbond substituents is 1. The van der Waals surface area contributed by atoms with Gasteiger partial charge in [0.25, 0.3) is 0 Å². The van der Waals surface area contributed by atoms with Crippen molar-refractivity contribution < 1.29 is 19.4 Å². The third-order valence-corrected chi connectivity index (χ3v) is 2.36. The largest absolute Gasteiger partial charge is 0.508 e. The molecule has 0 heterocycles. The minimum absolute atomic E-state index is 0.155. The van der Waals surface area contributed by atoms with Crippen LogP contribution >= 0.6 is 0 Å². The SMILES string of the molecule is COC(=O)CNC(=O)[C@H](N)Cc1ccc(O)cc1. The van der Waals surface area contributed by atoms with Gasteiger partial charge < -0.3 is 20.9 Å². The highest BCUT2D eigenvalue weighted by atomic mass is 16.5. The number of phenols is 1. The van der Waals surface area contributed by atoms with Crippen molar-refractivity contribution in [1.29, 1.82) is 0 Å². The van der Waals surface area contributed by atoms with Crippen LogP contribution in [0.2, 0.25) is 0 Å². The summed E-state index contributed by atoms with van der Waals surface area (Å²) in [7, 11) is 1.24. The number of carbonyl (C=O) groups is 2. The zero-order chi connectivity index (χ0) is 13.5. The molecule has 0 unspecified atom stereocenters. The lowest BCUT2D eigenvalue weighted by molar-refractivity contribution is -0.141. The van der Waals surface area contributed by atoms with Crippen molar-refractivity contribution in [3.63, 3.8) is 0 Å². The van der Waals surface area contributed by atoms with Crippen molar-refractivity contribution in [3.05, 3.63) is 29.8 Å². The molecule has 0 spiro atoms. The first-order chi connectivity index (χ1) is 8.52. The predicted molar refractivity (Wildman–Crippen MR) is 64.8 cm³/mol. The summed E-state index contributed by atoms with van der Waals surface area (Å²) in [6.07, 6.45) is 0.327. The van der Waals surface area contributed by atoms with Crippen LogP contribution in [0.4, 0.5) is 0 Å². The quantitative estimate of drug-likeness (QED) is 0.616. The van der Waals surface area contributed by atoms with Gasteiger partial charge >= 0.3 is 5.97 Å². The molecule has 0 saturated heterocycles. The second kappa shape index (κ2) is 6.61. The van der Waals surface area contributed by atoms with Crippen molar-refractivity contribution in [2.75, 3.05) is 13.7 Å². The standard InChI is InChI=1S/C12H16N2O4/c1-18-11(16)7-14-12(17)10(13)6-8-2-4-9(15)5-3-8/h2-5,10,15H,6-7,13H2,1H3,(H,14,17)/t10-/m1/s1. The fraction of sp³-hybridized carbons (Fsp3) is 0.333. The van der Waals surface area contributed by atoms with Crippen molar-refractivity contribution in [2.24, 2.45) is 5.73 Å². The summed E-state index contributed by atoms with van der Waals surface area (Å²) in [6, 6.07) is 5.66. The molecule has 1 amide bonds. The maximum atomic E-state index is 11.5. The lowest BCUT2D eigenvalue weighted by Gasteiger charge is -2.11. The third kappa shape index (κ3) is 4.42. The van der Waals surface area contributed by atoms with Gasteiger partial charge in [-0.2, -0.15) is 0 Å². The Hall–Kier alpha value is -2.08. The topological polar surface area (TPSA) is 102 Å². The summed E-state index contributed by atoms with van der Waals surface area (Å²) in [6.45, 7) is -0.196. The zero-order valence-corrected chi connectivity index (χ0v) is 10.1. The number of carbonyl (C=O) groups excluding carboxylic acids is 2. The smallest absolute Gasteiger partial charge is 0.325 e. The Labute approximate surface area is 105 Å². The number of aromatic hydroxyl groups is 1. The van der Waals surface area contributed by atoms with Gasteiger partial charge in [0, 0.05) is 0 Å². The Kier molecular flexibility index (Phi) is 5.13. The number of benzene rings is 1. The fourth-order valence-electron chi connectivity index (χ4n) is 1.34. The average molecular weight is 252 g/mol. The number of nitrogens with one attached hydrogen (secondary N) is 1. The van der Waals surface area contributed by atoms with Crippen molar-refractivity contribution in [1.82, 2.24) is 5.32 Å². The molecule has 1 rings (SSSR count). The van der Waals surface area contributed by atoms with Gasteiger partial charge in [-0.15, -0.1) is 0 Å². The summed E-state index contributed by atoms with van der Waals surface area (Å²) in [5, 5.41) is 11.5. The van der Waals surface area contributed by atoms with Gasteiger partial charge in [0.2, 0.25) is 5.91 Å². The van der Waals surface area contributed by atoms with Gasteiger partial charge in [0.15, 0.2) is 0 Å². The molecule has 4 N–H and O–H groups in total. The summed E-state index contributed by atoms with van der Waals surface area (Å²) >= 11 is 0. The van der Waals surface area contributed by atoms with E-state index in [4.69, 9.17) is 10.8 Å². The lowest BCUT2D eigenvalue weighted by atomic mass is 10.1. The van der Waals surface area contributed by atoms with Crippen molar-refractivity contribution in [2.45, 2.75) is 12.5 Å². The molecule has 0 bridgehead atoms. The average Bonchev–Trinajstić information content (AvgIpc) is 2.38. The summed E-state index contributed by atoms with van der Waals surface area (Å²) in [5.41, 5.74) is 6.52. The minimum Gasteiger partial charge on any atom is -0.508 e. The predicted octanol–water partition coefficient (Wildman–Crippen LogP) is -0.449. The second-order valence-corrected chi connectivity index (χ2v) is 3.77. The van der Waals surface area contributed by atoms with Gasteiger partial charge in [0.05, 0.1) is 13.2 Å². The normalized spacial score (nSPS) is 11.7. The third-order valence-electron chi connectivity index (χ3n) is 2.36. The summed E-state index contributed by atoms with van der Waals surface area (Å²) in [4.78, 5) is 22.4. The first kappa shape index (κ1) is 14.0. The molecule has 0 aliphatic heterocycles. The molecule has 0 aliphatic carbocycles. The lowest BCUT2D eigenvalue weighted by Crippen LogP contribution is -2.44. The van der Waals surface area contributed by atoms with Crippen LogP contribution in [-0.4, -0.2) is 36.7 Å². The van der Waals surface area contributed by atoms with Crippen LogP contribution in [0.1, 0.15) is 5.56 Å². The van der Waals surface area contributed by atoms with Gasteiger partial charge in [-0.1, -0.05) is 12.1 Å². The molecule has 0 aliphatic rings. The molecule has 0 saturated carbocycles. The van der Waals surface area contributed by atoms with E-state index in [1.54, 1.807) is 12.1 Å². The molecule has 0 fully saturated rings. The van der Waals surface area contributed by atoms with Crippen LogP contribution < -0.4 is 11.1 Å². The highest BCUT2D eigenvalue weighted by molar-refractivity contribution is 5.85. The number of nitrogens with two attached hydrogens (primary N) is 1. The maximum absolute atomic E-state index is 11.5. The molecule has 0 radical (unpaired) electrons. The van der Waals surface area contributed by atoms with Gasteiger partial charge in [0.1, 0.15) is 12.3 Å². The van der Waals surface area contributed by atoms with E-state index in [1.807, 2.05) is 0 Å². The number of methoxy groups -OCH3 is 1. The summed E-state index contributed by atoms with van der Waals surface area (Å²) in [5.74, 6) is -0.795. The Bertz CT molecular complexity index is 417. The van der Waals surface area contributed by atoms with E-state index < -0.39 is 17.9 Å². The molecule has 98 valence electrons. The van der Waals surface area contributed by atoms with Crippen LogP contribution in [0.25, 0.3) is 0 Å². The van der Waals surface area contributed by atoms with Crippen LogP contribution in [0, 0.1) is 0 Å². The van der Waals surface area contributed by atoms with E-state index in [-0.39, 0.29) is 12.3 Å². The Morgan fingerprint density at radius 2 is 2.00 bits per heavy atom. The van der Waals surface area contributed by atoms with Crippen LogP contribution in [-0.2, 0) is 20.7 Å². The monoisotopic (exact) mass is 252 g/mol. The number of ether oxygens (including phenoxy) is 1. The second-order valence-electron chi connectivity index (χ2n) is 3.77. The Balaban J connectivity index is 2.44. The molecule has 6 heteroatoms. The molecular formula is C12H16N2O4. The highest BCUT2D eigenvalue weighted by Gasteiger charge is 2.14. The molecule has 18 heavy (non-hydrogen) atoms. The number of hydrogen-bond acceptors (Lipinski definition) is 5. The van der Waals surface area contributed by atoms with E-state index in [0.29, 0.717) is 6.42 Å². The Morgan fingerprint density at radius 3 is 2.56 bits per heavy atom. The fourth-order valence-corrected chi connectivity index (χ4v) is 1.34. The summed E-state index contributed by atoms with van der Waals surface area (Å²) < 4.78 is 4.39. The van der Waals surface area contributed by atoms with Gasteiger partial charge in [-0.3, -0.25) is 9.59 Å². The van der Waals surface area contributed by atoms with Crippen LogP contribution in [0.5, 0.6) is 5.75 Å². The van der Waals surface area contributed by atoms with E-state index in [2.05, 4.69) is 10.1 Å². The first-order valence-corrected chi connectivity index (χ1v) is 5.41. The molecule has 1 atom stereocenters. The molecule has 6 nitrogen and oxygen atoms in total. The van der Waals surface area contributed by atoms with Crippen molar-refractivity contribution >= 4 is 11.9 Å². The van der Waals surface area contributed by atoms with E-state index in [1.165, 1.54) is 19.2 Å². The number of amides is 1. The first-order valence-electron chi connectivity index (χ1n) is 5.41. The van der Waals surface area contributed by atoms with E-state index in [9.17, 15) is 9.59 Å². The minimum atomic E-state index is -0.751. The number of hydrogen-bond donors (Lipinski definition) is 3. The molecular weight excluding hydrogens is 236 g/mol. The molecule has 1 aromatic carbocycles. The van der Waals surface area contributed by atoms with Gasteiger partial charge in [-0.05, 0) is 24.1 Å². The zero-order valence-electron chi connectivity index (χ0n) is 10.1. The van der Waals surface area contributed by atoms with Gasteiger partial charge in [-0.25, -0.2) is 0 Å². The maximum Gasteiger partial charge on any atom is 0.325 e. The number of esters is 1. The molecule has 0 aromatic heterocycles.